The van der Waals surface area contributed by atoms with Crippen molar-refractivity contribution in [1.29, 1.82) is 0 Å². The summed E-state index contributed by atoms with van der Waals surface area (Å²) in [5.74, 6) is -0.684. The normalized spacial score (nSPS) is 12.1. The number of nitrogen functional groups attached to an aromatic ring is 1. The van der Waals surface area contributed by atoms with Gasteiger partial charge in [0.2, 0.25) is 10.0 Å². The van der Waals surface area contributed by atoms with Crippen LogP contribution in [0.4, 0.5) is 10.2 Å². The molecule has 0 saturated heterocycles. The number of aromatic nitrogens is 3. The summed E-state index contributed by atoms with van der Waals surface area (Å²) in [6, 6.07) is 2.53. The Morgan fingerprint density at radius 1 is 1.46 bits per heavy atom. The van der Waals surface area contributed by atoms with Crippen molar-refractivity contribution in [3.8, 4) is 10.6 Å². The van der Waals surface area contributed by atoms with Crippen LogP contribution in [-0.2, 0) is 10.0 Å². The minimum atomic E-state index is -4.15. The van der Waals surface area contributed by atoms with Gasteiger partial charge in [0.1, 0.15) is 21.2 Å². The van der Waals surface area contributed by atoms with Crippen LogP contribution in [0.5, 0.6) is 0 Å². The van der Waals surface area contributed by atoms with Crippen molar-refractivity contribution in [2.24, 2.45) is 0 Å². The van der Waals surface area contributed by atoms with Gasteiger partial charge in [0.15, 0.2) is 5.82 Å². The number of hydrogen-bond donors (Lipinski definition) is 4. The molecule has 0 unspecified atom stereocenters. The third-order valence-electron chi connectivity index (χ3n) is 3.33. The minimum Gasteiger partial charge on any atom is -0.395 e. The topological polar surface area (TPSA) is 134 Å². The van der Waals surface area contributed by atoms with Crippen LogP contribution in [0.3, 0.4) is 0 Å². The largest absolute Gasteiger partial charge is 0.395 e. The number of hydrogen-bond acceptors (Lipinski definition) is 7. The van der Waals surface area contributed by atoms with Gasteiger partial charge in [-0.3, -0.25) is 5.10 Å². The van der Waals surface area contributed by atoms with E-state index in [4.69, 9.17) is 10.8 Å². The Bertz CT molecular complexity index is 993. The summed E-state index contributed by atoms with van der Waals surface area (Å²) >= 11 is 1.19. The molecule has 128 valence electrons. The molecule has 8 nitrogen and oxygen atoms in total. The van der Waals surface area contributed by atoms with Crippen LogP contribution < -0.4 is 10.5 Å². The Labute approximate surface area is 140 Å². The first-order valence-electron chi connectivity index (χ1n) is 6.85. The number of nitrogens with zero attached hydrogens (tertiary/aromatic N) is 2. The number of nitrogens with one attached hydrogen (secondary N) is 2. The van der Waals surface area contributed by atoms with Crippen LogP contribution in [0, 0.1) is 12.7 Å². The van der Waals surface area contributed by atoms with Crippen molar-refractivity contribution < 1.29 is 17.9 Å². The monoisotopic (exact) mass is 371 g/mol. The standard InChI is InChI=1S/C13H14FN5O3S2/c1-6-9(12(15)19-18-6)13-17-10-8(23-13)3-2-7(14)11(10)24(21,22)16-4-5-20/h2-3,16,20H,4-5H2,1H3,(H3,15,18,19). The van der Waals surface area contributed by atoms with E-state index in [9.17, 15) is 12.8 Å². The number of H-pyrrole nitrogens is 1. The van der Waals surface area contributed by atoms with Gasteiger partial charge in [-0.2, -0.15) is 5.10 Å². The molecule has 0 spiro atoms. The van der Waals surface area contributed by atoms with E-state index in [1.165, 1.54) is 17.4 Å². The van der Waals surface area contributed by atoms with E-state index in [0.29, 0.717) is 21.0 Å². The van der Waals surface area contributed by atoms with Gasteiger partial charge in [-0.15, -0.1) is 11.3 Å². The molecule has 0 aliphatic rings. The molecule has 0 bridgehead atoms. The third kappa shape index (κ3) is 2.75. The highest BCUT2D eigenvalue weighted by Gasteiger charge is 2.25. The number of aliphatic hydroxyl groups excluding tert-OH is 1. The van der Waals surface area contributed by atoms with Gasteiger partial charge in [0.25, 0.3) is 0 Å². The minimum absolute atomic E-state index is 0.0143. The summed E-state index contributed by atoms with van der Waals surface area (Å²) in [6.07, 6.45) is 0. The van der Waals surface area contributed by atoms with Crippen molar-refractivity contribution in [2.75, 3.05) is 18.9 Å². The number of fused-ring (bicyclic) bond motifs is 1. The Morgan fingerprint density at radius 3 is 2.83 bits per heavy atom. The van der Waals surface area contributed by atoms with Crippen molar-refractivity contribution in [3.05, 3.63) is 23.6 Å². The number of anilines is 1. The van der Waals surface area contributed by atoms with E-state index < -0.39 is 27.3 Å². The molecule has 2 aromatic heterocycles. The summed E-state index contributed by atoms with van der Waals surface area (Å²) in [5.41, 5.74) is 7.06. The molecule has 11 heteroatoms. The van der Waals surface area contributed by atoms with Gasteiger partial charge < -0.3 is 10.8 Å². The van der Waals surface area contributed by atoms with Crippen LogP contribution in [0.25, 0.3) is 20.8 Å². The maximum atomic E-state index is 14.2. The molecule has 0 aliphatic carbocycles. The number of aromatic amines is 1. The van der Waals surface area contributed by atoms with E-state index in [1.54, 1.807) is 6.92 Å². The molecule has 5 N–H and O–H groups in total. The second kappa shape index (κ2) is 6.09. The molecule has 0 aliphatic heterocycles. The fourth-order valence-electron chi connectivity index (χ4n) is 2.28. The van der Waals surface area contributed by atoms with Crippen LogP contribution in [-0.4, -0.2) is 41.9 Å². The zero-order valence-corrected chi connectivity index (χ0v) is 14.1. The fraction of sp³-hybridized carbons (Fsp3) is 0.231. The Hall–Kier alpha value is -2.08. The summed E-state index contributed by atoms with van der Waals surface area (Å²) < 4.78 is 41.4. The average Bonchev–Trinajstić information content (AvgIpc) is 3.07. The average molecular weight is 371 g/mol. The number of sulfonamides is 1. The van der Waals surface area contributed by atoms with E-state index in [1.807, 2.05) is 0 Å². The molecule has 2 heterocycles. The molecule has 3 aromatic rings. The Kier molecular flexibility index (Phi) is 4.25. The van der Waals surface area contributed by atoms with Crippen molar-refractivity contribution in [3.63, 3.8) is 0 Å². The number of aliphatic hydroxyl groups is 1. The first kappa shape index (κ1) is 16.8. The molecule has 24 heavy (non-hydrogen) atoms. The Morgan fingerprint density at radius 2 is 2.21 bits per heavy atom. The zero-order valence-electron chi connectivity index (χ0n) is 12.5. The molecule has 1 aromatic carbocycles. The van der Waals surface area contributed by atoms with Gasteiger partial charge >= 0.3 is 0 Å². The highest BCUT2D eigenvalue weighted by atomic mass is 32.2. The number of thiazole rings is 1. The molecule has 0 radical (unpaired) electrons. The van der Waals surface area contributed by atoms with E-state index >= 15 is 0 Å². The number of halogens is 1. The lowest BCUT2D eigenvalue weighted by molar-refractivity contribution is 0.301. The van der Waals surface area contributed by atoms with Crippen LogP contribution in [0.1, 0.15) is 5.69 Å². The zero-order chi connectivity index (χ0) is 17.5. The highest BCUT2D eigenvalue weighted by Crippen LogP contribution is 2.37. The lowest BCUT2D eigenvalue weighted by atomic mass is 10.2. The van der Waals surface area contributed by atoms with Gasteiger partial charge in [-0.05, 0) is 19.1 Å². The molecule has 0 atom stereocenters. The molecule has 0 saturated carbocycles. The first-order valence-corrected chi connectivity index (χ1v) is 9.15. The maximum absolute atomic E-state index is 14.2. The van der Waals surface area contributed by atoms with E-state index in [0.717, 1.165) is 6.07 Å². The molecular formula is C13H14FN5O3S2. The first-order chi connectivity index (χ1) is 11.3. The van der Waals surface area contributed by atoms with Crippen LogP contribution in [0.15, 0.2) is 17.0 Å². The van der Waals surface area contributed by atoms with Gasteiger partial charge in [-0.1, -0.05) is 0 Å². The van der Waals surface area contributed by atoms with Crippen molar-refractivity contribution in [2.45, 2.75) is 11.8 Å². The third-order valence-corrected chi connectivity index (χ3v) is 5.88. The number of aryl methyl sites for hydroxylation is 1. The smallest absolute Gasteiger partial charge is 0.245 e. The lowest BCUT2D eigenvalue weighted by Gasteiger charge is -2.06. The lowest BCUT2D eigenvalue weighted by Crippen LogP contribution is -2.27. The van der Waals surface area contributed by atoms with E-state index in [-0.39, 0.29) is 17.9 Å². The quantitative estimate of drug-likeness (QED) is 0.528. The van der Waals surface area contributed by atoms with Crippen LogP contribution in [0.2, 0.25) is 0 Å². The number of nitrogens with two attached hydrogens (primary N) is 1. The highest BCUT2D eigenvalue weighted by molar-refractivity contribution is 7.89. The summed E-state index contributed by atoms with van der Waals surface area (Å²) in [7, 11) is -4.15. The second-order valence-electron chi connectivity index (χ2n) is 4.97. The SMILES string of the molecule is Cc1[nH]nc(N)c1-c1nc2c(S(=O)(=O)NCCO)c(F)ccc2s1. The second-order valence-corrected chi connectivity index (χ2v) is 7.71. The Balaban J connectivity index is 2.23. The van der Waals surface area contributed by atoms with Crippen molar-refractivity contribution in [1.82, 2.24) is 19.9 Å². The van der Waals surface area contributed by atoms with Gasteiger partial charge in [0.05, 0.1) is 16.9 Å². The number of benzene rings is 1. The van der Waals surface area contributed by atoms with Gasteiger partial charge in [0, 0.05) is 12.2 Å². The predicted octanol–water partition coefficient (Wildman–Crippen LogP) is 0.987. The summed E-state index contributed by atoms with van der Waals surface area (Å²) in [5, 5.41) is 15.8. The van der Waals surface area contributed by atoms with E-state index in [2.05, 4.69) is 19.9 Å². The maximum Gasteiger partial charge on any atom is 0.245 e. The van der Waals surface area contributed by atoms with Crippen molar-refractivity contribution >= 4 is 37.4 Å². The summed E-state index contributed by atoms with van der Waals surface area (Å²) in [6.45, 7) is 1.14. The number of rotatable bonds is 5. The predicted molar refractivity (Wildman–Crippen MR) is 88.6 cm³/mol. The summed E-state index contributed by atoms with van der Waals surface area (Å²) in [4.78, 5) is 3.72. The molecule has 3 rings (SSSR count). The molecular weight excluding hydrogens is 357 g/mol. The fourth-order valence-corrected chi connectivity index (χ4v) is 4.67. The van der Waals surface area contributed by atoms with Crippen LogP contribution >= 0.6 is 11.3 Å². The molecule has 0 fully saturated rings. The van der Waals surface area contributed by atoms with Gasteiger partial charge in [-0.25, -0.2) is 22.5 Å². The molecule has 0 amide bonds.